The molecule has 1 aromatic carbocycles. The van der Waals surface area contributed by atoms with Crippen molar-refractivity contribution in [2.45, 2.75) is 13.3 Å². The molecule has 118 valence electrons. The number of rotatable bonds is 4. The lowest BCUT2D eigenvalue weighted by Gasteiger charge is -2.14. The predicted octanol–water partition coefficient (Wildman–Crippen LogP) is 2.71. The van der Waals surface area contributed by atoms with Crippen LogP contribution in [-0.2, 0) is 0 Å². The Hall–Kier alpha value is -2.46. The average Bonchev–Trinajstić information content (AvgIpc) is 2.61. The number of nitrogens with one attached hydrogen (secondary N) is 2. The van der Waals surface area contributed by atoms with Crippen molar-refractivity contribution in [2.24, 2.45) is 0 Å². The molecule has 0 aliphatic carbocycles. The van der Waals surface area contributed by atoms with E-state index in [4.69, 9.17) is 0 Å². The second-order valence-electron chi connectivity index (χ2n) is 5.83. The van der Waals surface area contributed by atoms with E-state index in [-0.39, 0.29) is 5.91 Å². The highest BCUT2D eigenvalue weighted by Gasteiger charge is 2.09. The van der Waals surface area contributed by atoms with Gasteiger partial charge in [0, 0.05) is 31.0 Å². The van der Waals surface area contributed by atoms with Crippen molar-refractivity contribution in [1.82, 2.24) is 15.6 Å². The van der Waals surface area contributed by atoms with Crippen LogP contribution in [0.5, 0.6) is 0 Å². The van der Waals surface area contributed by atoms with Gasteiger partial charge in [0.2, 0.25) is 0 Å². The number of carbonyl (C=O) groups is 1. The van der Waals surface area contributed by atoms with E-state index in [9.17, 15) is 4.79 Å². The molecule has 1 aromatic heterocycles. The number of amides is 1. The van der Waals surface area contributed by atoms with Crippen molar-refractivity contribution >= 4 is 5.91 Å². The van der Waals surface area contributed by atoms with Crippen LogP contribution in [0.3, 0.4) is 0 Å². The van der Waals surface area contributed by atoms with E-state index in [0.29, 0.717) is 12.1 Å². The van der Waals surface area contributed by atoms with Gasteiger partial charge in [0.05, 0.1) is 5.56 Å². The van der Waals surface area contributed by atoms with Crippen LogP contribution in [0.25, 0.3) is 11.1 Å². The van der Waals surface area contributed by atoms with E-state index in [1.54, 1.807) is 12.4 Å². The largest absolute Gasteiger partial charge is 0.348 e. The van der Waals surface area contributed by atoms with Gasteiger partial charge in [-0.3, -0.25) is 9.78 Å². The molecule has 4 nitrogen and oxygen atoms in total. The lowest BCUT2D eigenvalue weighted by molar-refractivity contribution is 0.0956. The van der Waals surface area contributed by atoms with Gasteiger partial charge >= 0.3 is 0 Å². The summed E-state index contributed by atoms with van der Waals surface area (Å²) in [6, 6.07) is 10.1. The molecule has 4 heteroatoms. The molecule has 0 unspecified atom stereocenters. The zero-order chi connectivity index (χ0) is 16.1. The number of pyridine rings is 1. The Labute approximate surface area is 136 Å². The molecule has 2 heterocycles. The van der Waals surface area contributed by atoms with Crippen molar-refractivity contribution in [3.63, 3.8) is 0 Å². The summed E-state index contributed by atoms with van der Waals surface area (Å²) in [4.78, 5) is 16.5. The minimum atomic E-state index is -0.0779. The molecule has 0 saturated heterocycles. The normalized spacial score (nSPS) is 14.2. The van der Waals surface area contributed by atoms with Crippen LogP contribution in [-0.4, -0.2) is 30.5 Å². The first-order valence-corrected chi connectivity index (χ1v) is 7.91. The summed E-state index contributed by atoms with van der Waals surface area (Å²) >= 11 is 0. The number of aromatic nitrogens is 1. The van der Waals surface area contributed by atoms with Crippen LogP contribution in [0, 0.1) is 6.92 Å². The first-order chi connectivity index (χ1) is 11.2. The van der Waals surface area contributed by atoms with Crippen molar-refractivity contribution in [3.05, 3.63) is 65.5 Å². The van der Waals surface area contributed by atoms with Crippen molar-refractivity contribution < 1.29 is 4.79 Å². The van der Waals surface area contributed by atoms with E-state index in [1.165, 1.54) is 11.1 Å². The zero-order valence-corrected chi connectivity index (χ0v) is 13.3. The SMILES string of the molecule is Cc1ccc(-c2cncc(C(=O)NCC3=CCNCC3)c2)cc1. The van der Waals surface area contributed by atoms with Gasteiger partial charge in [-0.25, -0.2) is 0 Å². The van der Waals surface area contributed by atoms with Gasteiger partial charge in [-0.2, -0.15) is 0 Å². The molecule has 0 spiro atoms. The third-order valence-corrected chi connectivity index (χ3v) is 4.02. The first kappa shape index (κ1) is 15.4. The van der Waals surface area contributed by atoms with Crippen LogP contribution < -0.4 is 10.6 Å². The second kappa shape index (κ2) is 7.20. The Balaban J connectivity index is 1.70. The third kappa shape index (κ3) is 4.05. The smallest absolute Gasteiger partial charge is 0.253 e. The van der Waals surface area contributed by atoms with Gasteiger partial charge in [0.25, 0.3) is 5.91 Å². The Morgan fingerprint density at radius 2 is 2.04 bits per heavy atom. The zero-order valence-electron chi connectivity index (χ0n) is 13.3. The van der Waals surface area contributed by atoms with E-state index < -0.39 is 0 Å². The molecular formula is C19H21N3O. The number of carbonyl (C=O) groups excluding carboxylic acids is 1. The standard InChI is InChI=1S/C19H21N3O/c1-14-2-4-16(5-3-14)17-10-18(13-21-12-17)19(23)22-11-15-6-8-20-9-7-15/h2-6,10,12-13,20H,7-9,11H2,1H3,(H,22,23). The second-order valence-corrected chi connectivity index (χ2v) is 5.83. The topological polar surface area (TPSA) is 54.0 Å². The molecule has 2 aromatic rings. The molecule has 23 heavy (non-hydrogen) atoms. The van der Waals surface area contributed by atoms with Gasteiger partial charge in [-0.05, 0) is 31.5 Å². The number of nitrogens with zero attached hydrogens (tertiary/aromatic N) is 1. The fourth-order valence-electron chi connectivity index (χ4n) is 2.59. The molecule has 0 fully saturated rings. The Bertz CT molecular complexity index is 720. The maximum absolute atomic E-state index is 12.3. The molecule has 0 radical (unpaired) electrons. The molecule has 1 aliphatic heterocycles. The molecule has 1 amide bonds. The van der Waals surface area contributed by atoms with E-state index in [2.05, 4.69) is 40.8 Å². The fourth-order valence-corrected chi connectivity index (χ4v) is 2.59. The van der Waals surface area contributed by atoms with Crippen molar-refractivity contribution in [3.8, 4) is 11.1 Å². The minimum absolute atomic E-state index is 0.0779. The Kier molecular flexibility index (Phi) is 4.83. The first-order valence-electron chi connectivity index (χ1n) is 7.91. The third-order valence-electron chi connectivity index (χ3n) is 4.02. The summed E-state index contributed by atoms with van der Waals surface area (Å²) < 4.78 is 0. The van der Waals surface area contributed by atoms with Crippen LogP contribution >= 0.6 is 0 Å². The summed E-state index contributed by atoms with van der Waals surface area (Å²) in [5.74, 6) is -0.0779. The number of aryl methyl sites for hydroxylation is 1. The van der Waals surface area contributed by atoms with Crippen LogP contribution in [0.2, 0.25) is 0 Å². The quantitative estimate of drug-likeness (QED) is 0.854. The van der Waals surface area contributed by atoms with Crippen LogP contribution in [0.1, 0.15) is 22.3 Å². The summed E-state index contributed by atoms with van der Waals surface area (Å²) in [6.07, 6.45) is 6.54. The highest BCUT2D eigenvalue weighted by molar-refractivity contribution is 5.95. The van der Waals surface area contributed by atoms with Crippen molar-refractivity contribution in [1.29, 1.82) is 0 Å². The lowest BCUT2D eigenvalue weighted by atomic mass is 10.0. The maximum atomic E-state index is 12.3. The fraction of sp³-hybridized carbons (Fsp3) is 0.263. The average molecular weight is 307 g/mol. The molecule has 0 atom stereocenters. The number of benzene rings is 1. The molecule has 2 N–H and O–H groups in total. The molecule has 3 rings (SSSR count). The summed E-state index contributed by atoms with van der Waals surface area (Å²) in [7, 11) is 0. The highest BCUT2D eigenvalue weighted by atomic mass is 16.1. The molecule has 1 aliphatic rings. The number of hydrogen-bond donors (Lipinski definition) is 2. The van der Waals surface area contributed by atoms with Gasteiger partial charge in [0.15, 0.2) is 0 Å². The minimum Gasteiger partial charge on any atom is -0.348 e. The Morgan fingerprint density at radius 1 is 1.22 bits per heavy atom. The van der Waals surface area contributed by atoms with Crippen LogP contribution in [0.15, 0.2) is 54.4 Å². The van der Waals surface area contributed by atoms with Crippen LogP contribution in [0.4, 0.5) is 0 Å². The Morgan fingerprint density at radius 3 is 2.78 bits per heavy atom. The van der Waals surface area contributed by atoms with E-state index in [0.717, 1.165) is 30.6 Å². The van der Waals surface area contributed by atoms with Gasteiger partial charge in [-0.1, -0.05) is 41.5 Å². The molecular weight excluding hydrogens is 286 g/mol. The van der Waals surface area contributed by atoms with Gasteiger partial charge in [0.1, 0.15) is 0 Å². The molecule has 0 bridgehead atoms. The molecule has 0 saturated carbocycles. The van der Waals surface area contributed by atoms with E-state index >= 15 is 0 Å². The lowest BCUT2D eigenvalue weighted by Crippen LogP contribution is -2.29. The number of hydrogen-bond acceptors (Lipinski definition) is 3. The van der Waals surface area contributed by atoms with E-state index in [1.807, 2.05) is 18.2 Å². The van der Waals surface area contributed by atoms with Gasteiger partial charge < -0.3 is 10.6 Å². The monoisotopic (exact) mass is 307 g/mol. The summed E-state index contributed by atoms with van der Waals surface area (Å²) in [5, 5.41) is 6.25. The highest BCUT2D eigenvalue weighted by Crippen LogP contribution is 2.19. The van der Waals surface area contributed by atoms with Gasteiger partial charge in [-0.15, -0.1) is 0 Å². The summed E-state index contributed by atoms with van der Waals surface area (Å²) in [5.41, 5.74) is 5.11. The maximum Gasteiger partial charge on any atom is 0.253 e. The predicted molar refractivity (Wildman–Crippen MR) is 92.3 cm³/mol. The summed E-state index contributed by atoms with van der Waals surface area (Å²) in [6.45, 7) is 4.53. The van der Waals surface area contributed by atoms with Crippen molar-refractivity contribution in [2.75, 3.05) is 19.6 Å².